The van der Waals surface area contributed by atoms with Crippen LogP contribution in [0.25, 0.3) is 0 Å². The Morgan fingerprint density at radius 1 is 1.20 bits per heavy atom. The fraction of sp³-hybridized carbons (Fsp3) is 0.350. The third-order valence-electron chi connectivity index (χ3n) is 4.50. The highest BCUT2D eigenvalue weighted by Crippen LogP contribution is 2.21. The molecule has 1 fully saturated rings. The minimum atomic E-state index is -0.199. The van der Waals surface area contributed by atoms with Crippen LogP contribution in [-0.4, -0.2) is 43.5 Å². The van der Waals surface area contributed by atoms with Gasteiger partial charge in [-0.15, -0.1) is 6.58 Å². The van der Waals surface area contributed by atoms with Crippen molar-refractivity contribution in [3.05, 3.63) is 66.1 Å². The molecule has 0 unspecified atom stereocenters. The topological polar surface area (TPSA) is 48.7 Å². The molecule has 132 valence electrons. The van der Waals surface area contributed by atoms with Gasteiger partial charge < -0.3 is 14.6 Å². The Labute approximate surface area is 148 Å². The Morgan fingerprint density at radius 2 is 1.96 bits per heavy atom. The number of hydrogen-bond donors (Lipinski definition) is 1. The SMILES string of the molecule is C=CCNC(=O)c1ccc(CN2CCN(c3ccccc3C)CC2)o1. The maximum absolute atomic E-state index is 11.9. The number of rotatable bonds is 6. The van der Waals surface area contributed by atoms with Gasteiger partial charge >= 0.3 is 0 Å². The number of nitrogens with one attached hydrogen (secondary N) is 1. The summed E-state index contributed by atoms with van der Waals surface area (Å²) in [5.41, 5.74) is 2.64. The van der Waals surface area contributed by atoms with Gasteiger partial charge in [-0.25, -0.2) is 0 Å². The van der Waals surface area contributed by atoms with E-state index in [1.807, 2.05) is 6.07 Å². The molecule has 0 aliphatic carbocycles. The Hall–Kier alpha value is -2.53. The van der Waals surface area contributed by atoms with Gasteiger partial charge in [-0.2, -0.15) is 0 Å². The number of anilines is 1. The van der Waals surface area contributed by atoms with E-state index in [0.29, 0.717) is 12.3 Å². The van der Waals surface area contributed by atoms with Crippen molar-refractivity contribution in [1.82, 2.24) is 10.2 Å². The number of hydrogen-bond acceptors (Lipinski definition) is 4. The summed E-state index contributed by atoms with van der Waals surface area (Å²) in [5, 5.41) is 2.72. The van der Waals surface area contributed by atoms with Crippen molar-refractivity contribution < 1.29 is 9.21 Å². The molecule has 5 heteroatoms. The molecular weight excluding hydrogens is 314 g/mol. The molecule has 0 atom stereocenters. The van der Waals surface area contributed by atoms with Crippen LogP contribution < -0.4 is 10.2 Å². The van der Waals surface area contributed by atoms with Crippen LogP contribution in [-0.2, 0) is 6.54 Å². The Bertz CT molecular complexity index is 730. The van der Waals surface area contributed by atoms with E-state index in [-0.39, 0.29) is 5.91 Å². The molecule has 1 saturated heterocycles. The first-order chi connectivity index (χ1) is 12.2. The minimum absolute atomic E-state index is 0.199. The normalized spacial score (nSPS) is 15.2. The Balaban J connectivity index is 1.53. The van der Waals surface area contributed by atoms with Crippen LogP contribution in [0, 0.1) is 6.92 Å². The fourth-order valence-electron chi connectivity index (χ4n) is 3.12. The molecule has 1 aliphatic heterocycles. The number of nitrogens with zero attached hydrogens (tertiary/aromatic N) is 2. The minimum Gasteiger partial charge on any atom is -0.455 e. The molecule has 1 amide bonds. The fourth-order valence-corrected chi connectivity index (χ4v) is 3.12. The van der Waals surface area contributed by atoms with Gasteiger partial charge in [0, 0.05) is 38.4 Å². The van der Waals surface area contributed by atoms with E-state index >= 15 is 0 Å². The molecule has 0 saturated carbocycles. The van der Waals surface area contributed by atoms with Gasteiger partial charge in [-0.05, 0) is 30.7 Å². The van der Waals surface area contributed by atoms with Crippen LogP contribution in [0.5, 0.6) is 0 Å². The standard InChI is InChI=1S/C20H25N3O2/c1-3-10-21-20(24)19-9-8-17(25-19)15-22-11-13-23(14-12-22)18-7-5-4-6-16(18)2/h3-9H,1,10-15H2,2H3,(H,21,24). The van der Waals surface area contributed by atoms with E-state index in [9.17, 15) is 4.79 Å². The third kappa shape index (κ3) is 4.31. The predicted molar refractivity (Wildman–Crippen MR) is 99.9 cm³/mol. The van der Waals surface area contributed by atoms with Crippen LogP contribution in [0.1, 0.15) is 21.9 Å². The van der Waals surface area contributed by atoms with Crippen molar-refractivity contribution in [1.29, 1.82) is 0 Å². The summed E-state index contributed by atoms with van der Waals surface area (Å²) in [4.78, 5) is 16.7. The van der Waals surface area contributed by atoms with Crippen molar-refractivity contribution in [2.75, 3.05) is 37.6 Å². The lowest BCUT2D eigenvalue weighted by atomic mass is 10.1. The lowest BCUT2D eigenvalue weighted by Crippen LogP contribution is -2.46. The molecular formula is C20H25N3O2. The van der Waals surface area contributed by atoms with E-state index in [1.165, 1.54) is 11.3 Å². The van der Waals surface area contributed by atoms with Crippen molar-refractivity contribution in [2.45, 2.75) is 13.5 Å². The highest BCUT2D eigenvalue weighted by molar-refractivity contribution is 5.91. The zero-order chi connectivity index (χ0) is 17.6. The molecule has 1 aromatic carbocycles. The van der Waals surface area contributed by atoms with Crippen molar-refractivity contribution in [3.63, 3.8) is 0 Å². The molecule has 3 rings (SSSR count). The number of amides is 1. The van der Waals surface area contributed by atoms with Crippen molar-refractivity contribution in [2.24, 2.45) is 0 Å². The maximum Gasteiger partial charge on any atom is 0.287 e. The highest BCUT2D eigenvalue weighted by atomic mass is 16.4. The number of furan rings is 1. The average Bonchev–Trinajstić information content (AvgIpc) is 3.09. The van der Waals surface area contributed by atoms with Crippen LogP contribution in [0.3, 0.4) is 0 Å². The van der Waals surface area contributed by atoms with Gasteiger partial charge in [0.2, 0.25) is 0 Å². The molecule has 1 aliphatic rings. The maximum atomic E-state index is 11.9. The van der Waals surface area contributed by atoms with E-state index in [0.717, 1.165) is 38.5 Å². The van der Waals surface area contributed by atoms with Gasteiger partial charge in [0.05, 0.1) is 6.54 Å². The summed E-state index contributed by atoms with van der Waals surface area (Å²) in [6.45, 7) is 10.9. The average molecular weight is 339 g/mol. The van der Waals surface area contributed by atoms with Gasteiger partial charge in [0.1, 0.15) is 5.76 Å². The largest absolute Gasteiger partial charge is 0.455 e. The van der Waals surface area contributed by atoms with Gasteiger partial charge in [0.25, 0.3) is 5.91 Å². The molecule has 2 heterocycles. The van der Waals surface area contributed by atoms with Crippen LogP contribution >= 0.6 is 0 Å². The first kappa shape index (κ1) is 17.3. The summed E-state index contributed by atoms with van der Waals surface area (Å²) in [6, 6.07) is 12.1. The quantitative estimate of drug-likeness (QED) is 0.822. The highest BCUT2D eigenvalue weighted by Gasteiger charge is 2.20. The van der Waals surface area contributed by atoms with Gasteiger partial charge in [0.15, 0.2) is 5.76 Å². The van der Waals surface area contributed by atoms with E-state index < -0.39 is 0 Å². The summed E-state index contributed by atoms with van der Waals surface area (Å²) in [5.74, 6) is 0.985. The smallest absolute Gasteiger partial charge is 0.287 e. The lowest BCUT2D eigenvalue weighted by Gasteiger charge is -2.36. The molecule has 5 nitrogen and oxygen atoms in total. The second-order valence-corrected chi connectivity index (χ2v) is 6.31. The first-order valence-electron chi connectivity index (χ1n) is 8.68. The number of carbonyl (C=O) groups is 1. The van der Waals surface area contributed by atoms with Gasteiger partial charge in [-0.1, -0.05) is 24.3 Å². The predicted octanol–water partition coefficient (Wildman–Crippen LogP) is 2.83. The Morgan fingerprint density at radius 3 is 2.68 bits per heavy atom. The monoisotopic (exact) mass is 339 g/mol. The zero-order valence-corrected chi connectivity index (χ0v) is 14.7. The molecule has 2 aromatic rings. The second kappa shape index (κ2) is 8.03. The van der Waals surface area contributed by atoms with E-state index in [2.05, 4.69) is 52.9 Å². The molecule has 25 heavy (non-hydrogen) atoms. The van der Waals surface area contributed by atoms with Crippen LogP contribution in [0.15, 0.2) is 53.5 Å². The van der Waals surface area contributed by atoms with Gasteiger partial charge in [-0.3, -0.25) is 9.69 Å². The lowest BCUT2D eigenvalue weighted by molar-refractivity contribution is 0.0926. The molecule has 0 radical (unpaired) electrons. The number of para-hydroxylation sites is 1. The van der Waals surface area contributed by atoms with E-state index in [4.69, 9.17) is 4.42 Å². The summed E-state index contributed by atoms with van der Waals surface area (Å²) < 4.78 is 5.67. The Kier molecular flexibility index (Phi) is 5.56. The summed E-state index contributed by atoms with van der Waals surface area (Å²) in [7, 11) is 0. The number of piperazine rings is 1. The van der Waals surface area contributed by atoms with Crippen LogP contribution in [0.2, 0.25) is 0 Å². The number of aryl methyl sites for hydroxylation is 1. The summed E-state index contributed by atoms with van der Waals surface area (Å²) in [6.07, 6.45) is 1.65. The second-order valence-electron chi connectivity index (χ2n) is 6.31. The molecule has 1 aromatic heterocycles. The molecule has 0 spiro atoms. The zero-order valence-electron chi connectivity index (χ0n) is 14.7. The van der Waals surface area contributed by atoms with E-state index in [1.54, 1.807) is 12.1 Å². The third-order valence-corrected chi connectivity index (χ3v) is 4.50. The van der Waals surface area contributed by atoms with Crippen molar-refractivity contribution in [3.8, 4) is 0 Å². The molecule has 1 N–H and O–H groups in total. The number of carbonyl (C=O) groups excluding carboxylic acids is 1. The van der Waals surface area contributed by atoms with Crippen molar-refractivity contribution >= 4 is 11.6 Å². The number of benzene rings is 1. The van der Waals surface area contributed by atoms with Crippen LogP contribution in [0.4, 0.5) is 5.69 Å². The molecule has 0 bridgehead atoms. The summed E-state index contributed by atoms with van der Waals surface area (Å²) >= 11 is 0. The first-order valence-corrected chi connectivity index (χ1v) is 8.68.